The van der Waals surface area contributed by atoms with Crippen LogP contribution in [0.5, 0.6) is 0 Å². The number of benzene rings is 4. The fraction of sp³-hybridized carbons (Fsp3) is 0.381. The van der Waals surface area contributed by atoms with Crippen molar-refractivity contribution in [2.24, 2.45) is 0 Å². The van der Waals surface area contributed by atoms with Crippen LogP contribution in [-0.4, -0.2) is 92.2 Å². The number of fused-ring (bicyclic) bond motifs is 12. The molecule has 8 aliphatic rings. The van der Waals surface area contributed by atoms with Crippen molar-refractivity contribution in [2.75, 3.05) is 47.6 Å². The Morgan fingerprint density at radius 1 is 0.365 bits per heavy atom. The summed E-state index contributed by atoms with van der Waals surface area (Å²) in [6.45, 7) is 30.6. The summed E-state index contributed by atoms with van der Waals surface area (Å²) in [6.07, 6.45) is 17.9. The van der Waals surface area contributed by atoms with Gasteiger partial charge in [0.05, 0.1) is 39.8 Å². The Balaban J connectivity index is 0.000000127. The van der Waals surface area contributed by atoms with E-state index in [0.29, 0.717) is 17.4 Å². The third-order valence-corrected chi connectivity index (χ3v) is 21.6. The number of aromatic nitrogens is 4. The second kappa shape index (κ2) is 23.3. The molecule has 5 atom stereocenters. The maximum absolute atomic E-state index is 8.44. The van der Waals surface area contributed by atoms with Crippen LogP contribution in [0.1, 0.15) is 189 Å². The molecule has 0 radical (unpaired) electrons. The third-order valence-electron chi connectivity index (χ3n) is 21.6. The Hall–Kier alpha value is -9.16. The summed E-state index contributed by atoms with van der Waals surface area (Å²) in [4.78, 5) is 33.8. The van der Waals surface area contributed by atoms with Gasteiger partial charge in [-0.2, -0.15) is 0 Å². The fourth-order valence-electron chi connectivity index (χ4n) is 15.9. The van der Waals surface area contributed by atoms with E-state index >= 15 is 0 Å². The predicted molar refractivity (Wildman–Crippen MR) is 400 cm³/mol. The van der Waals surface area contributed by atoms with Crippen LogP contribution in [0.25, 0.3) is 44.8 Å². The zero-order valence-electron chi connectivity index (χ0n) is 71.5. The van der Waals surface area contributed by atoms with Gasteiger partial charge in [-0.25, -0.2) is 0 Å². The van der Waals surface area contributed by atoms with Crippen LogP contribution >= 0.6 is 0 Å². The minimum absolute atomic E-state index is 0.0419. The lowest BCUT2D eigenvalue weighted by Crippen LogP contribution is -2.35. The topological polar surface area (TPSA) is 77.5 Å². The number of rotatable bonds is 4. The van der Waals surface area contributed by atoms with Crippen LogP contribution in [-0.2, 0) is 21.7 Å². The number of hydrogen-bond acceptors (Lipinski definition) is 12. The number of hydrogen-bond donors (Lipinski definition) is 0. The molecule has 0 fully saturated rings. The van der Waals surface area contributed by atoms with Gasteiger partial charge in [-0.3, -0.25) is 19.9 Å². The predicted octanol–water partition coefficient (Wildman–Crippen LogP) is 18.3. The number of anilines is 4. The van der Waals surface area contributed by atoms with Gasteiger partial charge >= 0.3 is 0 Å². The summed E-state index contributed by atoms with van der Waals surface area (Å²) in [5, 5.41) is 0. The molecule has 4 aliphatic heterocycles. The van der Waals surface area contributed by atoms with Gasteiger partial charge in [0, 0.05) is 167 Å². The van der Waals surface area contributed by atoms with Crippen LogP contribution in [0, 0.1) is 55.4 Å². The van der Waals surface area contributed by atoms with Gasteiger partial charge in [0.15, 0.2) is 0 Å². The lowest BCUT2D eigenvalue weighted by Gasteiger charge is -2.33. The zero-order valence-corrected chi connectivity index (χ0v) is 59.5. The standard InChI is InChI=1S/4C21H25N3/c1-13-7-9-16-17-10-8-14(2)22-20(17)21(4,5)18(16)19(13)24-12-11-23(6)15(24)3;1-13-11-18-17(12-19(13)24-10-9-23(6)15(24)3)16-8-7-14(2)22-20(16)21(18,4)5;2*1-13-11-17-19(22-12-13)16-8-7-14(2)20(18(16)21(17,4)5)24-10-9-23(6)15(24)3/h4*7-12,15H,1-6H3/t4*15-/m0000/s1/i4D3,6D3;2*6D3;/t15-,21?;2m;. The Morgan fingerprint density at radius 3 is 1.16 bits per heavy atom. The van der Waals surface area contributed by atoms with Gasteiger partial charge in [-0.1, -0.05) is 122 Å². The first-order valence-corrected chi connectivity index (χ1v) is 33.6. The smallest absolute Gasteiger partial charge is 0.102 e. The molecule has 4 aliphatic carbocycles. The van der Waals surface area contributed by atoms with Crippen molar-refractivity contribution in [1.29, 1.82) is 0 Å². The maximum atomic E-state index is 8.44. The molecular formula is C84H100N12. The molecule has 96 heavy (non-hydrogen) atoms. The van der Waals surface area contributed by atoms with Crippen molar-refractivity contribution >= 4 is 22.7 Å². The quantitative estimate of drug-likeness (QED) is 0.168. The van der Waals surface area contributed by atoms with Crippen molar-refractivity contribution in [1.82, 2.24) is 39.5 Å². The van der Waals surface area contributed by atoms with Crippen molar-refractivity contribution in [3.8, 4) is 44.8 Å². The van der Waals surface area contributed by atoms with Gasteiger partial charge in [-0.05, 0) is 179 Å². The Bertz CT molecular complexity index is 5090. The first-order chi connectivity index (χ1) is 50.1. The van der Waals surface area contributed by atoms with Crippen molar-refractivity contribution in [2.45, 2.75) is 185 Å². The van der Waals surface area contributed by atoms with Gasteiger partial charge in [0.1, 0.15) is 24.7 Å². The second-order valence-corrected chi connectivity index (χ2v) is 29.4. The van der Waals surface area contributed by atoms with Gasteiger partial charge in [0.2, 0.25) is 0 Å². The van der Waals surface area contributed by atoms with Crippen molar-refractivity contribution in [3.05, 3.63) is 236 Å². The molecule has 12 heteroatoms. The van der Waals surface area contributed by atoms with E-state index in [1.165, 1.54) is 76.0 Å². The molecule has 4 aromatic carbocycles. The molecule has 4 aromatic heterocycles. The lowest BCUT2D eigenvalue weighted by molar-refractivity contribution is 0.382. The molecule has 1 unspecified atom stereocenters. The third kappa shape index (κ3) is 10.2. The average molecular weight is 1290 g/mol. The van der Waals surface area contributed by atoms with E-state index in [4.69, 9.17) is 31.4 Å². The summed E-state index contributed by atoms with van der Waals surface area (Å²) in [7, 11) is 2.13. The van der Waals surface area contributed by atoms with E-state index in [2.05, 4.69) is 183 Å². The summed E-state index contributed by atoms with van der Waals surface area (Å²) in [6, 6.07) is 29.6. The molecule has 0 saturated heterocycles. The molecule has 8 aromatic rings. The van der Waals surface area contributed by atoms with Crippen molar-refractivity contribution in [3.63, 3.8) is 0 Å². The fourth-order valence-corrected chi connectivity index (χ4v) is 15.9. The SMILES string of the molecule is Cc1cnc2c(c1)C(C)(C)c1c-2ccc(C)c1N1C=CN(C)[C@@H]1C.[2H]C([2H])([2H])N1C=CN(c2c(C)ccc3c2C(C)(C([2H])([2H])[2H])c2nc(C)ccc2-3)[C@H]1C.[2H]C([2H])([2H])N1C=CN(c2c(C)ccc3c2C(C)(C)c2cc(C)cnc2-3)[C@H]1C.[2H]C([2H])([2H])N1C=CN(c2cc3c(cc2C)C(C)(C)c2nc(C)ccc2-3)[C@H]1C. The van der Waals surface area contributed by atoms with Crippen LogP contribution in [0.2, 0.25) is 0 Å². The minimum atomic E-state index is -2.34. The van der Waals surface area contributed by atoms with E-state index in [0.717, 1.165) is 84.5 Å². The number of nitrogens with zero attached hydrogens (tertiary/aromatic N) is 12. The highest BCUT2D eigenvalue weighted by Gasteiger charge is 2.45. The molecule has 0 N–H and O–H groups in total. The lowest BCUT2D eigenvalue weighted by atomic mass is 9.80. The second-order valence-electron chi connectivity index (χ2n) is 29.4. The monoisotopic (exact) mass is 1290 g/mol. The Morgan fingerprint density at radius 2 is 0.740 bits per heavy atom. The molecule has 12 nitrogen and oxygen atoms in total. The zero-order chi connectivity index (χ0) is 78.9. The number of aryl methyl sites for hydroxylation is 8. The molecule has 0 bridgehead atoms. The molecule has 496 valence electrons. The Kier molecular flexibility index (Phi) is 12.6. The van der Waals surface area contributed by atoms with Crippen LogP contribution in [0.3, 0.4) is 0 Å². The molecule has 16 rings (SSSR count). The van der Waals surface area contributed by atoms with Crippen LogP contribution < -0.4 is 19.6 Å². The van der Waals surface area contributed by atoms with Crippen LogP contribution in [0.15, 0.2) is 147 Å². The highest BCUT2D eigenvalue weighted by Crippen LogP contribution is 2.57. The van der Waals surface area contributed by atoms with E-state index in [1.54, 1.807) is 31.7 Å². The maximum Gasteiger partial charge on any atom is 0.102 e. The Labute approximate surface area is 589 Å². The first kappa shape index (κ1) is 52.1. The molecule has 0 amide bonds. The van der Waals surface area contributed by atoms with E-state index in [1.807, 2.05) is 100 Å². The largest absolute Gasteiger partial charge is 0.359 e. The summed E-state index contributed by atoms with van der Waals surface area (Å²) in [5.41, 5.74) is 28.6. The highest BCUT2D eigenvalue weighted by molar-refractivity contribution is 5.90. The van der Waals surface area contributed by atoms with E-state index in [-0.39, 0.29) is 28.6 Å². The van der Waals surface area contributed by atoms with Gasteiger partial charge in [-0.15, -0.1) is 0 Å². The molecular weight excluding hydrogens is 1180 g/mol. The molecule has 0 saturated carbocycles. The van der Waals surface area contributed by atoms with Gasteiger partial charge in [0.25, 0.3) is 0 Å². The number of pyridine rings is 4. The van der Waals surface area contributed by atoms with E-state index < -0.39 is 39.4 Å². The van der Waals surface area contributed by atoms with Gasteiger partial charge < -0.3 is 39.2 Å². The highest BCUT2D eigenvalue weighted by atomic mass is 15.4. The van der Waals surface area contributed by atoms with Crippen molar-refractivity contribution < 1.29 is 16.4 Å². The summed E-state index contributed by atoms with van der Waals surface area (Å²) >= 11 is 0. The minimum Gasteiger partial charge on any atom is -0.359 e. The summed E-state index contributed by atoms with van der Waals surface area (Å²) in [5.74, 6) is 0. The molecule has 8 heterocycles. The first-order valence-electron chi connectivity index (χ1n) is 39.6. The molecule has 0 spiro atoms. The normalized spacial score (nSPS) is 23.9. The van der Waals surface area contributed by atoms with Crippen LogP contribution in [0.4, 0.5) is 22.7 Å². The summed E-state index contributed by atoms with van der Waals surface area (Å²) < 4.78 is 95.3. The van der Waals surface area contributed by atoms with E-state index in [9.17, 15) is 0 Å². The average Bonchev–Trinajstić information content (AvgIpc) is 1.54.